The average Bonchev–Trinajstić information content (AvgIpc) is 2.72. The molecule has 0 aromatic heterocycles. The van der Waals surface area contributed by atoms with Crippen molar-refractivity contribution in [3.63, 3.8) is 0 Å². The van der Waals surface area contributed by atoms with Crippen LogP contribution in [0.5, 0.6) is 0 Å². The van der Waals surface area contributed by atoms with E-state index in [2.05, 4.69) is 16.0 Å². The average molecular weight is 423 g/mol. The summed E-state index contributed by atoms with van der Waals surface area (Å²) in [6.07, 6.45) is 0. The van der Waals surface area contributed by atoms with Gasteiger partial charge in [0.05, 0.1) is 5.56 Å². The minimum atomic E-state index is -0.425. The maximum Gasteiger partial charge on any atom is 0.323 e. The Balaban J connectivity index is 1.73. The van der Waals surface area contributed by atoms with E-state index >= 15 is 0 Å². The van der Waals surface area contributed by atoms with Gasteiger partial charge in [-0.3, -0.25) is 4.79 Å². The molecule has 3 rings (SSSR count). The Hall–Kier alpha value is -3.51. The van der Waals surface area contributed by atoms with Gasteiger partial charge in [0.1, 0.15) is 0 Å². The highest BCUT2D eigenvalue weighted by Gasteiger charge is 2.15. The number of carbonyl (C=O) groups is 2. The molecule has 0 unspecified atom stereocenters. The quantitative estimate of drug-likeness (QED) is 0.524. The van der Waals surface area contributed by atoms with Crippen molar-refractivity contribution < 1.29 is 9.59 Å². The second-order valence-electron chi connectivity index (χ2n) is 6.88. The zero-order chi connectivity index (χ0) is 21.5. The lowest BCUT2D eigenvalue weighted by Gasteiger charge is -2.18. The van der Waals surface area contributed by atoms with Crippen LogP contribution in [0.1, 0.15) is 15.9 Å². The first-order valence-electron chi connectivity index (χ1n) is 9.39. The van der Waals surface area contributed by atoms with Crippen LogP contribution in [0.4, 0.5) is 21.9 Å². The maximum absolute atomic E-state index is 12.8. The van der Waals surface area contributed by atoms with Crippen LogP contribution in [-0.4, -0.2) is 26.0 Å². The van der Waals surface area contributed by atoms with Crippen LogP contribution in [0.2, 0.25) is 5.02 Å². The standard InChI is InChI=1S/C23H23ClN4O2/c1-28(2)21-12-11-19(27-23(30)26-18-10-6-9-17(24)13-18)14-20(21)22(29)25-15-16-7-4-3-5-8-16/h3-14H,15H2,1-2H3,(H,25,29)(H2,26,27,30). The van der Waals surface area contributed by atoms with E-state index in [1.807, 2.05) is 49.3 Å². The molecule has 30 heavy (non-hydrogen) atoms. The summed E-state index contributed by atoms with van der Waals surface area (Å²) in [6, 6.07) is 21.3. The van der Waals surface area contributed by atoms with Gasteiger partial charge in [0.15, 0.2) is 0 Å². The number of hydrogen-bond donors (Lipinski definition) is 3. The van der Waals surface area contributed by atoms with Gasteiger partial charge in [-0.1, -0.05) is 48.0 Å². The molecule has 0 aliphatic heterocycles. The molecule has 3 N–H and O–H groups in total. The number of anilines is 3. The van der Waals surface area contributed by atoms with Crippen molar-refractivity contribution in [2.75, 3.05) is 29.6 Å². The number of amides is 3. The minimum absolute atomic E-state index is 0.221. The van der Waals surface area contributed by atoms with Gasteiger partial charge in [0, 0.05) is 42.7 Å². The predicted octanol–water partition coefficient (Wildman–Crippen LogP) is 4.98. The van der Waals surface area contributed by atoms with E-state index in [0.29, 0.717) is 28.5 Å². The fraction of sp³-hybridized carbons (Fsp3) is 0.130. The van der Waals surface area contributed by atoms with Gasteiger partial charge in [-0.05, 0) is 42.0 Å². The Morgan fingerprint density at radius 1 is 0.867 bits per heavy atom. The van der Waals surface area contributed by atoms with Crippen LogP contribution in [-0.2, 0) is 6.54 Å². The molecule has 3 aromatic carbocycles. The van der Waals surface area contributed by atoms with Crippen molar-refractivity contribution in [2.24, 2.45) is 0 Å². The highest BCUT2D eigenvalue weighted by Crippen LogP contribution is 2.23. The Bertz CT molecular complexity index is 1040. The molecule has 0 aliphatic rings. The molecule has 154 valence electrons. The molecule has 0 heterocycles. The molecule has 6 nitrogen and oxygen atoms in total. The third-order valence-electron chi connectivity index (χ3n) is 4.36. The first-order valence-corrected chi connectivity index (χ1v) is 9.77. The van der Waals surface area contributed by atoms with Gasteiger partial charge in [-0.15, -0.1) is 0 Å². The summed E-state index contributed by atoms with van der Waals surface area (Å²) < 4.78 is 0. The zero-order valence-corrected chi connectivity index (χ0v) is 17.5. The number of urea groups is 1. The van der Waals surface area contributed by atoms with Gasteiger partial charge in [0.25, 0.3) is 5.91 Å². The van der Waals surface area contributed by atoms with Gasteiger partial charge in [-0.25, -0.2) is 4.79 Å². The number of rotatable bonds is 6. The van der Waals surface area contributed by atoms with E-state index in [-0.39, 0.29) is 5.91 Å². The van der Waals surface area contributed by atoms with E-state index in [4.69, 9.17) is 11.6 Å². The molecule has 0 aliphatic carbocycles. The minimum Gasteiger partial charge on any atom is -0.377 e. The normalized spacial score (nSPS) is 10.2. The first-order chi connectivity index (χ1) is 14.4. The molecular weight excluding hydrogens is 400 g/mol. The largest absolute Gasteiger partial charge is 0.377 e. The molecule has 0 bridgehead atoms. The Morgan fingerprint density at radius 3 is 2.23 bits per heavy atom. The van der Waals surface area contributed by atoms with Crippen molar-refractivity contribution >= 4 is 40.6 Å². The number of carbonyl (C=O) groups excluding carboxylic acids is 2. The lowest BCUT2D eigenvalue weighted by molar-refractivity contribution is 0.0951. The third-order valence-corrected chi connectivity index (χ3v) is 4.59. The van der Waals surface area contributed by atoms with Gasteiger partial charge in [-0.2, -0.15) is 0 Å². The van der Waals surface area contributed by atoms with Crippen LogP contribution in [0.3, 0.4) is 0 Å². The second kappa shape index (κ2) is 9.80. The first kappa shape index (κ1) is 21.2. The number of halogens is 1. The van der Waals surface area contributed by atoms with Crippen molar-refractivity contribution in [2.45, 2.75) is 6.54 Å². The van der Waals surface area contributed by atoms with Crippen LogP contribution < -0.4 is 20.9 Å². The predicted molar refractivity (Wildman–Crippen MR) is 122 cm³/mol. The Labute approximate surface area is 180 Å². The SMILES string of the molecule is CN(C)c1ccc(NC(=O)Nc2cccc(Cl)c2)cc1C(=O)NCc1ccccc1. The van der Waals surface area contributed by atoms with E-state index in [1.165, 1.54) is 0 Å². The van der Waals surface area contributed by atoms with E-state index in [9.17, 15) is 9.59 Å². The maximum atomic E-state index is 12.8. The van der Waals surface area contributed by atoms with Crippen molar-refractivity contribution in [3.8, 4) is 0 Å². The molecule has 3 amide bonds. The van der Waals surface area contributed by atoms with Crippen molar-refractivity contribution in [3.05, 3.63) is 88.9 Å². The molecule has 0 fully saturated rings. The molecule has 0 saturated carbocycles. The number of hydrogen-bond acceptors (Lipinski definition) is 3. The highest BCUT2D eigenvalue weighted by molar-refractivity contribution is 6.30. The summed E-state index contributed by atoms with van der Waals surface area (Å²) in [6.45, 7) is 0.416. The smallest absolute Gasteiger partial charge is 0.323 e. The van der Waals surface area contributed by atoms with Crippen LogP contribution in [0, 0.1) is 0 Å². The summed E-state index contributed by atoms with van der Waals surface area (Å²) in [5.41, 5.74) is 3.31. The van der Waals surface area contributed by atoms with Crippen molar-refractivity contribution in [1.29, 1.82) is 0 Å². The number of benzene rings is 3. The van der Waals surface area contributed by atoms with E-state index < -0.39 is 6.03 Å². The van der Waals surface area contributed by atoms with Crippen LogP contribution in [0.25, 0.3) is 0 Å². The summed E-state index contributed by atoms with van der Waals surface area (Å²) in [7, 11) is 3.73. The molecule has 7 heteroatoms. The summed E-state index contributed by atoms with van der Waals surface area (Å²) in [4.78, 5) is 27.0. The fourth-order valence-electron chi connectivity index (χ4n) is 2.92. The molecule has 0 atom stereocenters. The summed E-state index contributed by atoms with van der Waals surface area (Å²) >= 11 is 5.94. The lowest BCUT2D eigenvalue weighted by atomic mass is 10.1. The molecular formula is C23H23ClN4O2. The molecule has 0 saturated heterocycles. The van der Waals surface area contributed by atoms with Crippen LogP contribution in [0.15, 0.2) is 72.8 Å². The van der Waals surface area contributed by atoms with E-state index in [0.717, 1.165) is 11.3 Å². The Kier molecular flexibility index (Phi) is 6.93. The van der Waals surface area contributed by atoms with Gasteiger partial charge < -0.3 is 20.9 Å². The summed E-state index contributed by atoms with van der Waals surface area (Å²) in [5, 5.41) is 8.93. The van der Waals surface area contributed by atoms with Gasteiger partial charge in [0.2, 0.25) is 0 Å². The van der Waals surface area contributed by atoms with Gasteiger partial charge >= 0.3 is 6.03 Å². The molecule has 3 aromatic rings. The fourth-order valence-corrected chi connectivity index (χ4v) is 3.11. The lowest BCUT2D eigenvalue weighted by Crippen LogP contribution is -2.26. The third kappa shape index (κ3) is 5.75. The van der Waals surface area contributed by atoms with Crippen molar-refractivity contribution in [1.82, 2.24) is 5.32 Å². The zero-order valence-electron chi connectivity index (χ0n) is 16.8. The second-order valence-corrected chi connectivity index (χ2v) is 7.32. The highest BCUT2D eigenvalue weighted by atomic mass is 35.5. The topological polar surface area (TPSA) is 73.5 Å². The monoisotopic (exact) mass is 422 g/mol. The molecule has 0 radical (unpaired) electrons. The number of nitrogens with one attached hydrogen (secondary N) is 3. The van der Waals surface area contributed by atoms with E-state index in [1.54, 1.807) is 42.5 Å². The molecule has 0 spiro atoms. The Morgan fingerprint density at radius 2 is 1.57 bits per heavy atom. The summed E-state index contributed by atoms with van der Waals surface area (Å²) in [5.74, 6) is -0.221. The number of nitrogens with zero attached hydrogens (tertiary/aromatic N) is 1. The van der Waals surface area contributed by atoms with Crippen LogP contribution >= 0.6 is 11.6 Å².